The lowest BCUT2D eigenvalue weighted by molar-refractivity contribution is -0.384. The van der Waals surface area contributed by atoms with E-state index in [1.165, 1.54) is 41.5 Å². The summed E-state index contributed by atoms with van der Waals surface area (Å²) in [5.41, 5.74) is 0.962. The second-order valence-corrected chi connectivity index (χ2v) is 8.95. The van der Waals surface area contributed by atoms with Crippen LogP contribution in [0.4, 0.5) is 17.1 Å². The molecule has 2 fully saturated rings. The fraction of sp³-hybridized carbons (Fsp3) is 0.130. The lowest BCUT2D eigenvalue weighted by atomic mass is 9.90. The molecule has 34 heavy (non-hydrogen) atoms. The van der Waals surface area contributed by atoms with E-state index >= 15 is 0 Å². The number of nitrogens with zero attached hydrogens (tertiary/aromatic N) is 3. The molecule has 2 amide bonds. The van der Waals surface area contributed by atoms with Crippen molar-refractivity contribution in [3.63, 3.8) is 0 Å². The van der Waals surface area contributed by atoms with Gasteiger partial charge in [0.25, 0.3) is 11.6 Å². The summed E-state index contributed by atoms with van der Waals surface area (Å²) in [5.74, 6) is -2.05. The van der Waals surface area contributed by atoms with Crippen LogP contribution in [-0.2, 0) is 14.4 Å². The fourth-order valence-corrected chi connectivity index (χ4v) is 4.83. The number of hydrogen-bond donors (Lipinski definition) is 0. The van der Waals surface area contributed by atoms with E-state index in [4.69, 9.17) is 39.6 Å². The number of halogens is 3. The fourth-order valence-electron chi connectivity index (χ4n) is 4.29. The Balaban J connectivity index is 1.61. The standard InChI is InChI=1S/C23H14Cl3N3O5/c24-16-7-2-1-6-15(16)20-19-21(34-28(20)13-4-3-5-14(10-13)29(32)33)23(31)27(22(19)30)12-8-9-17(25)18(26)11-12/h1-11,19-21H/t19-,20+,21+/m1/s1. The number of carbonyl (C=O) groups excluding carboxylic acids is 2. The molecular weight excluding hydrogens is 505 g/mol. The van der Waals surface area contributed by atoms with Crippen LogP contribution in [0.3, 0.4) is 0 Å². The molecule has 2 aliphatic rings. The minimum atomic E-state index is -1.16. The van der Waals surface area contributed by atoms with Crippen LogP contribution in [0.2, 0.25) is 15.1 Å². The summed E-state index contributed by atoms with van der Waals surface area (Å²) >= 11 is 18.6. The van der Waals surface area contributed by atoms with E-state index in [-0.39, 0.29) is 21.4 Å². The Kier molecular flexibility index (Phi) is 5.69. The quantitative estimate of drug-likeness (QED) is 0.253. The summed E-state index contributed by atoms with van der Waals surface area (Å²) in [6.45, 7) is 0. The van der Waals surface area contributed by atoms with Crippen molar-refractivity contribution in [3.8, 4) is 0 Å². The topological polar surface area (TPSA) is 93.0 Å². The molecule has 0 N–H and O–H groups in total. The van der Waals surface area contributed by atoms with Crippen molar-refractivity contribution < 1.29 is 19.3 Å². The Morgan fingerprint density at radius 1 is 0.824 bits per heavy atom. The van der Waals surface area contributed by atoms with Gasteiger partial charge in [0.05, 0.1) is 32.4 Å². The summed E-state index contributed by atoms with van der Waals surface area (Å²) in [5, 5.41) is 13.5. The minimum absolute atomic E-state index is 0.161. The number of nitro benzene ring substituents is 1. The molecule has 0 unspecified atom stereocenters. The molecule has 8 nitrogen and oxygen atoms in total. The van der Waals surface area contributed by atoms with Crippen molar-refractivity contribution in [2.75, 3.05) is 9.96 Å². The number of nitro groups is 1. The van der Waals surface area contributed by atoms with Crippen LogP contribution in [0.25, 0.3) is 0 Å². The van der Waals surface area contributed by atoms with Crippen molar-refractivity contribution >= 4 is 63.7 Å². The number of rotatable bonds is 4. The smallest absolute Gasteiger partial charge is 0.271 e. The molecule has 5 rings (SSSR count). The third kappa shape index (κ3) is 3.59. The van der Waals surface area contributed by atoms with Crippen LogP contribution >= 0.6 is 34.8 Å². The number of anilines is 2. The summed E-state index contributed by atoms with van der Waals surface area (Å²) in [6.07, 6.45) is -1.16. The van der Waals surface area contributed by atoms with E-state index in [0.29, 0.717) is 16.3 Å². The molecule has 0 aliphatic carbocycles. The van der Waals surface area contributed by atoms with Gasteiger partial charge in [-0.3, -0.25) is 24.5 Å². The predicted molar refractivity (Wildman–Crippen MR) is 127 cm³/mol. The van der Waals surface area contributed by atoms with Gasteiger partial charge in [0.2, 0.25) is 5.91 Å². The van der Waals surface area contributed by atoms with Gasteiger partial charge in [0.15, 0.2) is 6.10 Å². The highest BCUT2D eigenvalue weighted by molar-refractivity contribution is 6.42. The minimum Gasteiger partial charge on any atom is -0.273 e. The number of imide groups is 1. The van der Waals surface area contributed by atoms with Gasteiger partial charge < -0.3 is 0 Å². The zero-order chi connectivity index (χ0) is 24.1. The highest BCUT2D eigenvalue weighted by Gasteiger charge is 2.60. The van der Waals surface area contributed by atoms with Crippen LogP contribution in [-0.4, -0.2) is 22.8 Å². The second-order valence-electron chi connectivity index (χ2n) is 7.73. The van der Waals surface area contributed by atoms with Crippen molar-refractivity contribution in [2.45, 2.75) is 12.1 Å². The molecule has 0 spiro atoms. The third-order valence-corrected chi connectivity index (χ3v) is 6.88. The monoisotopic (exact) mass is 517 g/mol. The largest absolute Gasteiger partial charge is 0.273 e. The molecule has 0 radical (unpaired) electrons. The van der Waals surface area contributed by atoms with Crippen LogP contribution < -0.4 is 9.96 Å². The number of hydroxylamine groups is 1. The average Bonchev–Trinajstić information content (AvgIpc) is 3.32. The van der Waals surface area contributed by atoms with Gasteiger partial charge in [-0.15, -0.1) is 0 Å². The molecule has 0 bridgehead atoms. The lowest BCUT2D eigenvalue weighted by Gasteiger charge is -2.29. The maximum atomic E-state index is 13.6. The lowest BCUT2D eigenvalue weighted by Crippen LogP contribution is -2.37. The molecular formula is C23H14Cl3N3O5. The van der Waals surface area contributed by atoms with Gasteiger partial charge in [-0.2, -0.15) is 0 Å². The molecule has 3 aromatic rings. The molecule has 2 saturated heterocycles. The first-order valence-corrected chi connectivity index (χ1v) is 11.2. The Morgan fingerprint density at radius 3 is 2.29 bits per heavy atom. The van der Waals surface area contributed by atoms with E-state index in [0.717, 1.165) is 4.90 Å². The van der Waals surface area contributed by atoms with Gasteiger partial charge >= 0.3 is 0 Å². The Hall–Kier alpha value is -3.17. The van der Waals surface area contributed by atoms with Crippen molar-refractivity contribution in [2.24, 2.45) is 5.92 Å². The Morgan fingerprint density at radius 2 is 1.59 bits per heavy atom. The second kappa shape index (κ2) is 8.56. The number of non-ortho nitro benzene ring substituents is 1. The SMILES string of the molecule is O=C1[C@H]2[C@H](ON(c3cccc([N+](=O)[O-])c3)[C@H]2c2ccccc2Cl)C(=O)N1c1ccc(Cl)c(Cl)c1. The van der Waals surface area contributed by atoms with Gasteiger partial charge in [-0.1, -0.05) is 59.1 Å². The van der Waals surface area contributed by atoms with Crippen molar-refractivity contribution in [1.82, 2.24) is 0 Å². The highest BCUT2D eigenvalue weighted by Crippen LogP contribution is 2.49. The van der Waals surface area contributed by atoms with Gasteiger partial charge in [-0.25, -0.2) is 9.96 Å². The first-order valence-electron chi connectivity index (χ1n) is 10.1. The van der Waals surface area contributed by atoms with E-state index in [2.05, 4.69) is 0 Å². The number of hydrogen-bond acceptors (Lipinski definition) is 6. The summed E-state index contributed by atoms with van der Waals surface area (Å²) < 4.78 is 0. The molecule has 172 valence electrons. The zero-order valence-corrected chi connectivity index (χ0v) is 19.4. The third-order valence-electron chi connectivity index (χ3n) is 5.80. The summed E-state index contributed by atoms with van der Waals surface area (Å²) in [6, 6.07) is 16.3. The zero-order valence-electron chi connectivity index (χ0n) is 17.1. The molecule has 11 heteroatoms. The average molecular weight is 519 g/mol. The van der Waals surface area contributed by atoms with E-state index in [9.17, 15) is 19.7 Å². The Bertz CT molecular complexity index is 1350. The summed E-state index contributed by atoms with van der Waals surface area (Å²) in [7, 11) is 0. The molecule has 0 saturated carbocycles. The predicted octanol–water partition coefficient (Wildman–Crippen LogP) is 5.61. The van der Waals surface area contributed by atoms with Crippen LogP contribution in [0.15, 0.2) is 66.7 Å². The van der Waals surface area contributed by atoms with Gasteiger partial charge in [-0.05, 0) is 35.9 Å². The molecule has 2 heterocycles. The Labute approximate surface area is 208 Å². The normalized spacial score (nSPS) is 21.8. The molecule has 0 aromatic heterocycles. The van der Waals surface area contributed by atoms with Crippen LogP contribution in [0.5, 0.6) is 0 Å². The number of fused-ring (bicyclic) bond motifs is 1. The van der Waals surface area contributed by atoms with Gasteiger partial charge in [0.1, 0.15) is 5.92 Å². The maximum absolute atomic E-state index is 13.6. The van der Waals surface area contributed by atoms with E-state index in [1.54, 1.807) is 30.3 Å². The van der Waals surface area contributed by atoms with Crippen LogP contribution in [0, 0.1) is 16.0 Å². The maximum Gasteiger partial charge on any atom is 0.271 e. The molecule has 2 aliphatic heterocycles. The molecule has 3 atom stereocenters. The molecule has 3 aromatic carbocycles. The number of benzene rings is 3. The first kappa shape index (κ1) is 22.6. The van der Waals surface area contributed by atoms with Gasteiger partial charge in [0, 0.05) is 17.2 Å². The first-order chi connectivity index (χ1) is 16.3. The number of amides is 2. The van der Waals surface area contributed by atoms with E-state index in [1.807, 2.05) is 0 Å². The van der Waals surface area contributed by atoms with Crippen molar-refractivity contribution in [1.29, 1.82) is 0 Å². The van der Waals surface area contributed by atoms with E-state index < -0.39 is 34.8 Å². The number of carbonyl (C=O) groups is 2. The highest BCUT2D eigenvalue weighted by atomic mass is 35.5. The van der Waals surface area contributed by atoms with Crippen LogP contribution in [0.1, 0.15) is 11.6 Å². The summed E-state index contributed by atoms with van der Waals surface area (Å²) in [4.78, 5) is 44.8. The van der Waals surface area contributed by atoms with Crippen molar-refractivity contribution in [3.05, 3.63) is 97.5 Å².